The van der Waals surface area contributed by atoms with E-state index in [2.05, 4.69) is 10.3 Å². The minimum Gasteiger partial charge on any atom is -0.508 e. The van der Waals surface area contributed by atoms with Crippen molar-refractivity contribution in [3.8, 4) is 5.75 Å². The first kappa shape index (κ1) is 12.4. The Kier molecular flexibility index (Phi) is 3.53. The molecule has 6 heteroatoms. The molecule has 0 saturated carbocycles. The molecular weight excluding hydrogens is 256 g/mol. The molecule has 2 N–H and O–H groups in total. The van der Waals surface area contributed by atoms with Gasteiger partial charge in [0.25, 0.3) is 5.91 Å². The molecule has 0 atom stereocenters. The maximum atomic E-state index is 11.8. The molecule has 1 aromatic carbocycles. The number of carbonyl (C=O) groups excluding carboxylic acids is 1. The second kappa shape index (κ2) is 5.10. The van der Waals surface area contributed by atoms with Gasteiger partial charge >= 0.3 is 0 Å². The summed E-state index contributed by atoms with van der Waals surface area (Å²) >= 11 is 5.87. The van der Waals surface area contributed by atoms with Crippen LogP contribution in [0.3, 0.4) is 0 Å². The van der Waals surface area contributed by atoms with Crippen LogP contribution in [0.5, 0.6) is 5.75 Å². The van der Waals surface area contributed by atoms with Crippen LogP contribution in [0.2, 0.25) is 5.02 Å². The monoisotopic (exact) mass is 266 g/mol. The van der Waals surface area contributed by atoms with Crippen molar-refractivity contribution in [2.24, 2.45) is 0 Å². The summed E-state index contributed by atoms with van der Waals surface area (Å²) in [6.45, 7) is 1.93. The number of hydrogen-bond donors (Lipinski definition) is 2. The van der Waals surface area contributed by atoms with Gasteiger partial charge in [-0.05, 0) is 25.1 Å². The standard InChI is InChI=1S/C12H11ClN2O3/c1-7-5-14-11(18-7)6-15-12(17)9-4-8(16)2-3-10(9)13/h2-5,16H,6H2,1H3,(H,15,17). The Balaban J connectivity index is 2.05. The summed E-state index contributed by atoms with van der Waals surface area (Å²) in [7, 11) is 0. The molecule has 1 aromatic heterocycles. The van der Waals surface area contributed by atoms with E-state index < -0.39 is 5.91 Å². The molecule has 18 heavy (non-hydrogen) atoms. The molecule has 0 bridgehead atoms. The summed E-state index contributed by atoms with van der Waals surface area (Å²) < 4.78 is 5.22. The molecular formula is C12H11ClN2O3. The summed E-state index contributed by atoms with van der Waals surface area (Å²) in [6.07, 6.45) is 1.57. The van der Waals surface area contributed by atoms with Crippen LogP contribution < -0.4 is 5.32 Å². The van der Waals surface area contributed by atoms with E-state index in [1.807, 2.05) is 0 Å². The molecule has 0 saturated heterocycles. The van der Waals surface area contributed by atoms with Crippen LogP contribution in [-0.4, -0.2) is 16.0 Å². The summed E-state index contributed by atoms with van der Waals surface area (Å²) in [6, 6.07) is 4.18. The fraction of sp³-hybridized carbons (Fsp3) is 0.167. The van der Waals surface area contributed by atoms with E-state index in [1.165, 1.54) is 18.2 Å². The zero-order valence-electron chi connectivity index (χ0n) is 9.61. The highest BCUT2D eigenvalue weighted by Crippen LogP contribution is 2.21. The number of aromatic nitrogens is 1. The van der Waals surface area contributed by atoms with Gasteiger partial charge in [0.1, 0.15) is 11.5 Å². The Morgan fingerprint density at radius 3 is 3.00 bits per heavy atom. The minimum atomic E-state index is -0.397. The summed E-state index contributed by atoms with van der Waals surface area (Å²) in [5.41, 5.74) is 0.208. The number of halogens is 1. The topological polar surface area (TPSA) is 75.4 Å². The lowest BCUT2D eigenvalue weighted by atomic mass is 10.2. The number of phenols is 1. The Labute approximate surface area is 108 Å². The van der Waals surface area contributed by atoms with E-state index in [9.17, 15) is 9.90 Å². The largest absolute Gasteiger partial charge is 0.508 e. The molecule has 0 aliphatic heterocycles. The number of rotatable bonds is 3. The van der Waals surface area contributed by atoms with Gasteiger partial charge in [-0.2, -0.15) is 0 Å². The number of benzene rings is 1. The Morgan fingerprint density at radius 2 is 2.33 bits per heavy atom. The molecule has 0 aliphatic carbocycles. The smallest absolute Gasteiger partial charge is 0.253 e. The number of nitrogens with zero attached hydrogens (tertiary/aromatic N) is 1. The second-order valence-electron chi connectivity index (χ2n) is 3.71. The fourth-order valence-electron chi connectivity index (χ4n) is 1.42. The van der Waals surface area contributed by atoms with Crippen LogP contribution in [0.1, 0.15) is 22.0 Å². The quantitative estimate of drug-likeness (QED) is 0.894. The van der Waals surface area contributed by atoms with Gasteiger partial charge in [-0.25, -0.2) is 4.98 Å². The number of amides is 1. The Hall–Kier alpha value is -2.01. The SMILES string of the molecule is Cc1cnc(CNC(=O)c2cc(O)ccc2Cl)o1. The number of hydrogen-bond acceptors (Lipinski definition) is 4. The number of oxazole rings is 1. The summed E-state index contributed by atoms with van der Waals surface area (Å²) in [5.74, 6) is 0.676. The number of aryl methyl sites for hydroxylation is 1. The van der Waals surface area contributed by atoms with Crippen LogP contribution in [0.4, 0.5) is 0 Å². The lowest BCUT2D eigenvalue weighted by Gasteiger charge is -2.05. The van der Waals surface area contributed by atoms with Crippen molar-refractivity contribution in [2.75, 3.05) is 0 Å². The average Bonchev–Trinajstić information content (AvgIpc) is 2.75. The predicted octanol–water partition coefficient (Wildman–Crippen LogP) is 2.27. The van der Waals surface area contributed by atoms with E-state index in [1.54, 1.807) is 13.1 Å². The molecule has 2 aromatic rings. The highest BCUT2D eigenvalue weighted by atomic mass is 35.5. The average molecular weight is 267 g/mol. The normalized spacial score (nSPS) is 10.3. The van der Waals surface area contributed by atoms with Gasteiger partial charge in [0.2, 0.25) is 5.89 Å². The molecule has 0 aliphatic rings. The first-order chi connectivity index (χ1) is 8.56. The predicted molar refractivity (Wildman–Crippen MR) is 65.5 cm³/mol. The highest BCUT2D eigenvalue weighted by molar-refractivity contribution is 6.33. The van der Waals surface area contributed by atoms with Gasteiger partial charge < -0.3 is 14.8 Å². The Bertz CT molecular complexity index is 580. The molecule has 0 radical (unpaired) electrons. The van der Waals surface area contributed by atoms with Crippen molar-refractivity contribution in [3.63, 3.8) is 0 Å². The van der Waals surface area contributed by atoms with Crippen molar-refractivity contribution in [3.05, 3.63) is 46.6 Å². The first-order valence-corrected chi connectivity index (χ1v) is 5.62. The van der Waals surface area contributed by atoms with Crippen LogP contribution in [0.25, 0.3) is 0 Å². The third kappa shape index (κ3) is 2.81. The van der Waals surface area contributed by atoms with E-state index in [-0.39, 0.29) is 22.9 Å². The molecule has 0 unspecified atom stereocenters. The second-order valence-corrected chi connectivity index (χ2v) is 4.12. The van der Waals surface area contributed by atoms with E-state index in [0.29, 0.717) is 11.7 Å². The number of phenolic OH excluding ortho intramolecular Hbond substituents is 1. The third-order valence-electron chi connectivity index (χ3n) is 2.26. The van der Waals surface area contributed by atoms with Crippen LogP contribution >= 0.6 is 11.6 Å². The minimum absolute atomic E-state index is 0.0171. The number of carbonyl (C=O) groups is 1. The summed E-state index contributed by atoms with van der Waals surface area (Å²) in [5, 5.41) is 12.2. The molecule has 1 heterocycles. The molecule has 2 rings (SSSR count). The van der Waals surface area contributed by atoms with Crippen LogP contribution in [0, 0.1) is 6.92 Å². The maximum absolute atomic E-state index is 11.8. The van der Waals surface area contributed by atoms with Gasteiger partial charge in [0, 0.05) is 0 Å². The number of nitrogens with one attached hydrogen (secondary N) is 1. The van der Waals surface area contributed by atoms with Crippen LogP contribution in [0.15, 0.2) is 28.8 Å². The number of aromatic hydroxyl groups is 1. The van der Waals surface area contributed by atoms with Crippen molar-refractivity contribution in [2.45, 2.75) is 13.5 Å². The van der Waals surface area contributed by atoms with Gasteiger partial charge in [0.15, 0.2) is 0 Å². The van der Waals surface area contributed by atoms with Gasteiger partial charge in [-0.3, -0.25) is 4.79 Å². The zero-order chi connectivity index (χ0) is 13.1. The molecule has 0 fully saturated rings. The lowest BCUT2D eigenvalue weighted by Crippen LogP contribution is -2.23. The van der Waals surface area contributed by atoms with E-state index in [0.717, 1.165) is 0 Å². The van der Waals surface area contributed by atoms with E-state index >= 15 is 0 Å². The maximum Gasteiger partial charge on any atom is 0.253 e. The molecule has 5 nitrogen and oxygen atoms in total. The van der Waals surface area contributed by atoms with Crippen molar-refractivity contribution in [1.82, 2.24) is 10.3 Å². The van der Waals surface area contributed by atoms with Gasteiger partial charge in [-0.15, -0.1) is 0 Å². The van der Waals surface area contributed by atoms with Crippen molar-refractivity contribution >= 4 is 17.5 Å². The first-order valence-electron chi connectivity index (χ1n) is 5.24. The molecule has 94 valence electrons. The van der Waals surface area contributed by atoms with Crippen molar-refractivity contribution < 1.29 is 14.3 Å². The van der Waals surface area contributed by atoms with Crippen molar-refractivity contribution in [1.29, 1.82) is 0 Å². The summed E-state index contributed by atoms with van der Waals surface area (Å²) in [4.78, 5) is 15.8. The van der Waals surface area contributed by atoms with Gasteiger partial charge in [0.05, 0.1) is 23.3 Å². The van der Waals surface area contributed by atoms with Gasteiger partial charge in [-0.1, -0.05) is 11.6 Å². The Morgan fingerprint density at radius 1 is 1.56 bits per heavy atom. The van der Waals surface area contributed by atoms with E-state index in [4.69, 9.17) is 16.0 Å². The lowest BCUT2D eigenvalue weighted by molar-refractivity contribution is 0.0947. The molecule has 0 spiro atoms. The third-order valence-corrected chi connectivity index (χ3v) is 2.59. The molecule has 1 amide bonds. The fourth-order valence-corrected chi connectivity index (χ4v) is 1.62. The highest BCUT2D eigenvalue weighted by Gasteiger charge is 2.12. The zero-order valence-corrected chi connectivity index (χ0v) is 10.4. The van der Waals surface area contributed by atoms with Crippen LogP contribution in [-0.2, 0) is 6.54 Å².